The van der Waals surface area contributed by atoms with Gasteiger partial charge in [-0.1, -0.05) is 6.07 Å². The lowest BCUT2D eigenvalue weighted by Crippen LogP contribution is -2.31. The maximum atomic E-state index is 10.0. The Morgan fingerprint density at radius 2 is 2.00 bits per heavy atom. The molecule has 1 aliphatic heterocycles. The number of aliphatic hydroxyl groups is 1. The molecule has 1 aromatic rings. The molecule has 0 spiro atoms. The Balaban J connectivity index is 2.34. The smallest absolute Gasteiger partial charge is 0.161 e. The molecule has 0 saturated carbocycles. The van der Waals surface area contributed by atoms with Gasteiger partial charge in [0.05, 0.1) is 18.8 Å². The minimum atomic E-state index is -1.02. The van der Waals surface area contributed by atoms with Crippen molar-refractivity contribution in [2.45, 2.75) is 18.9 Å². The normalized spacial score (nSPS) is 18.7. The highest BCUT2D eigenvalue weighted by molar-refractivity contribution is 5.45. The molecule has 88 valence electrons. The highest BCUT2D eigenvalue weighted by Gasteiger charge is 2.23. The molecule has 4 nitrogen and oxygen atoms in total. The van der Waals surface area contributed by atoms with Gasteiger partial charge in [0.2, 0.25) is 0 Å². The Bertz CT molecular complexity index is 377. The second-order valence-electron chi connectivity index (χ2n) is 4.19. The molecule has 2 rings (SSSR count). The highest BCUT2D eigenvalue weighted by Crippen LogP contribution is 2.33. The zero-order valence-electron chi connectivity index (χ0n) is 9.40. The van der Waals surface area contributed by atoms with Crippen LogP contribution in [0.3, 0.4) is 0 Å². The van der Waals surface area contributed by atoms with Crippen molar-refractivity contribution in [2.75, 3.05) is 19.8 Å². The number of ether oxygens (including phenoxy) is 2. The quantitative estimate of drug-likeness (QED) is 0.785. The summed E-state index contributed by atoms with van der Waals surface area (Å²) >= 11 is 0. The number of fused-ring (bicyclic) bond motifs is 1. The average Bonchev–Trinajstić information content (AvgIpc) is 2.53. The summed E-state index contributed by atoms with van der Waals surface area (Å²) in [5.74, 6) is 1.41. The van der Waals surface area contributed by atoms with Crippen LogP contribution in [0.5, 0.6) is 11.5 Å². The predicted octanol–water partition coefficient (Wildman–Crippen LogP) is 1.01. The number of benzene rings is 1. The van der Waals surface area contributed by atoms with E-state index in [0.29, 0.717) is 19.0 Å². The van der Waals surface area contributed by atoms with Crippen LogP contribution in [0.4, 0.5) is 0 Å². The van der Waals surface area contributed by atoms with Crippen molar-refractivity contribution >= 4 is 0 Å². The van der Waals surface area contributed by atoms with E-state index in [4.69, 9.17) is 15.2 Å². The Labute approximate surface area is 95.0 Å². The van der Waals surface area contributed by atoms with Gasteiger partial charge in [0.25, 0.3) is 0 Å². The summed E-state index contributed by atoms with van der Waals surface area (Å²) < 4.78 is 11.1. The summed E-state index contributed by atoms with van der Waals surface area (Å²) in [7, 11) is 0. The van der Waals surface area contributed by atoms with Crippen LogP contribution in [0.2, 0.25) is 0 Å². The van der Waals surface area contributed by atoms with Gasteiger partial charge in [-0.25, -0.2) is 0 Å². The number of rotatable bonds is 2. The first-order chi connectivity index (χ1) is 7.63. The second kappa shape index (κ2) is 4.31. The maximum absolute atomic E-state index is 10.0. The number of hydrogen-bond donors (Lipinski definition) is 2. The van der Waals surface area contributed by atoms with Crippen LogP contribution in [0.1, 0.15) is 18.9 Å². The lowest BCUT2D eigenvalue weighted by atomic mass is 9.96. The first-order valence-corrected chi connectivity index (χ1v) is 5.46. The van der Waals surface area contributed by atoms with Crippen molar-refractivity contribution in [1.82, 2.24) is 0 Å². The zero-order valence-corrected chi connectivity index (χ0v) is 9.40. The van der Waals surface area contributed by atoms with E-state index in [-0.39, 0.29) is 6.54 Å². The van der Waals surface area contributed by atoms with Gasteiger partial charge in [-0.05, 0) is 24.6 Å². The van der Waals surface area contributed by atoms with Gasteiger partial charge >= 0.3 is 0 Å². The van der Waals surface area contributed by atoms with Gasteiger partial charge in [-0.15, -0.1) is 0 Å². The average molecular weight is 223 g/mol. The Morgan fingerprint density at radius 3 is 2.69 bits per heavy atom. The van der Waals surface area contributed by atoms with E-state index < -0.39 is 5.60 Å². The molecule has 1 aromatic carbocycles. The molecule has 0 aliphatic carbocycles. The molecule has 0 amide bonds. The molecule has 1 atom stereocenters. The molecule has 0 saturated heterocycles. The SMILES string of the molecule is CC(O)(CN)c1ccc2c(c1)OCCCO2. The van der Waals surface area contributed by atoms with Crippen molar-refractivity contribution in [1.29, 1.82) is 0 Å². The topological polar surface area (TPSA) is 64.7 Å². The summed E-state index contributed by atoms with van der Waals surface area (Å²) in [5, 5.41) is 10.0. The molecular formula is C12H17NO3. The van der Waals surface area contributed by atoms with Crippen LogP contribution in [-0.2, 0) is 5.60 Å². The Morgan fingerprint density at radius 1 is 1.31 bits per heavy atom. The van der Waals surface area contributed by atoms with E-state index in [0.717, 1.165) is 17.7 Å². The first-order valence-electron chi connectivity index (χ1n) is 5.46. The van der Waals surface area contributed by atoms with Crippen LogP contribution < -0.4 is 15.2 Å². The van der Waals surface area contributed by atoms with Crippen LogP contribution in [0.15, 0.2) is 18.2 Å². The van der Waals surface area contributed by atoms with Crippen molar-refractivity contribution in [3.8, 4) is 11.5 Å². The van der Waals surface area contributed by atoms with E-state index in [1.165, 1.54) is 0 Å². The van der Waals surface area contributed by atoms with Crippen LogP contribution in [0, 0.1) is 0 Å². The second-order valence-corrected chi connectivity index (χ2v) is 4.19. The monoisotopic (exact) mass is 223 g/mol. The minimum Gasteiger partial charge on any atom is -0.490 e. The standard InChI is InChI=1S/C12H17NO3/c1-12(14,8-13)9-3-4-10-11(7-9)16-6-2-5-15-10/h3-4,7,14H,2,5-6,8,13H2,1H3. The molecule has 4 heteroatoms. The lowest BCUT2D eigenvalue weighted by Gasteiger charge is -2.22. The van der Waals surface area contributed by atoms with Gasteiger partial charge in [-0.2, -0.15) is 0 Å². The largest absolute Gasteiger partial charge is 0.490 e. The van der Waals surface area contributed by atoms with Crippen molar-refractivity contribution < 1.29 is 14.6 Å². The Hall–Kier alpha value is -1.26. The maximum Gasteiger partial charge on any atom is 0.161 e. The van der Waals surface area contributed by atoms with E-state index in [1.54, 1.807) is 13.0 Å². The fourth-order valence-corrected chi connectivity index (χ4v) is 1.62. The molecule has 0 radical (unpaired) electrons. The van der Waals surface area contributed by atoms with Crippen molar-refractivity contribution in [3.63, 3.8) is 0 Å². The molecule has 0 bridgehead atoms. The van der Waals surface area contributed by atoms with Crippen LogP contribution >= 0.6 is 0 Å². The molecule has 16 heavy (non-hydrogen) atoms. The van der Waals surface area contributed by atoms with Gasteiger partial charge < -0.3 is 20.3 Å². The number of hydrogen-bond acceptors (Lipinski definition) is 4. The van der Waals surface area contributed by atoms with Gasteiger partial charge in [0.15, 0.2) is 11.5 Å². The van der Waals surface area contributed by atoms with E-state index in [2.05, 4.69) is 0 Å². The highest BCUT2D eigenvalue weighted by atomic mass is 16.5. The fraction of sp³-hybridized carbons (Fsp3) is 0.500. The third-order valence-electron chi connectivity index (χ3n) is 2.77. The zero-order chi connectivity index (χ0) is 11.6. The minimum absolute atomic E-state index is 0.173. The fourth-order valence-electron chi connectivity index (χ4n) is 1.62. The van der Waals surface area contributed by atoms with Gasteiger partial charge in [0, 0.05) is 13.0 Å². The van der Waals surface area contributed by atoms with Crippen molar-refractivity contribution in [2.24, 2.45) is 5.73 Å². The van der Waals surface area contributed by atoms with Gasteiger partial charge in [-0.3, -0.25) is 0 Å². The lowest BCUT2D eigenvalue weighted by molar-refractivity contribution is 0.0665. The summed E-state index contributed by atoms with van der Waals surface area (Å²) in [6.45, 7) is 3.17. The van der Waals surface area contributed by atoms with Gasteiger partial charge in [0.1, 0.15) is 0 Å². The van der Waals surface area contributed by atoms with Crippen LogP contribution in [0.25, 0.3) is 0 Å². The summed E-state index contributed by atoms with van der Waals surface area (Å²) in [6.07, 6.45) is 0.872. The third-order valence-corrected chi connectivity index (χ3v) is 2.77. The molecule has 1 heterocycles. The molecule has 3 N–H and O–H groups in total. The summed E-state index contributed by atoms with van der Waals surface area (Å²) in [6, 6.07) is 5.44. The molecule has 1 unspecified atom stereocenters. The van der Waals surface area contributed by atoms with E-state index in [1.807, 2.05) is 12.1 Å². The molecule has 0 aromatic heterocycles. The summed E-state index contributed by atoms with van der Waals surface area (Å²) in [5.41, 5.74) is 5.25. The van der Waals surface area contributed by atoms with E-state index >= 15 is 0 Å². The third kappa shape index (κ3) is 2.13. The van der Waals surface area contributed by atoms with Crippen molar-refractivity contribution in [3.05, 3.63) is 23.8 Å². The van der Waals surface area contributed by atoms with Crippen LogP contribution in [-0.4, -0.2) is 24.9 Å². The Kier molecular flexibility index (Phi) is 3.03. The first kappa shape index (κ1) is 11.2. The molecular weight excluding hydrogens is 206 g/mol. The number of nitrogens with two attached hydrogens (primary N) is 1. The summed E-state index contributed by atoms with van der Waals surface area (Å²) in [4.78, 5) is 0. The predicted molar refractivity (Wildman–Crippen MR) is 60.7 cm³/mol. The van der Waals surface area contributed by atoms with E-state index in [9.17, 15) is 5.11 Å². The molecule has 0 fully saturated rings. The molecule has 1 aliphatic rings.